The van der Waals surface area contributed by atoms with Crippen molar-refractivity contribution in [3.63, 3.8) is 0 Å². The Kier molecular flexibility index (Phi) is 4.43. The maximum atomic E-state index is 12.4. The molecule has 2 aromatic carbocycles. The van der Waals surface area contributed by atoms with E-state index in [9.17, 15) is 13.2 Å². The topological polar surface area (TPSA) is 75.3 Å². The summed E-state index contributed by atoms with van der Waals surface area (Å²) in [4.78, 5) is 12.5. The van der Waals surface area contributed by atoms with Crippen LogP contribution in [0.4, 0.5) is 5.69 Å². The largest absolute Gasteiger partial charge is 0.322 e. The van der Waals surface area contributed by atoms with Crippen molar-refractivity contribution >= 4 is 21.6 Å². The molecule has 0 aromatic heterocycles. The van der Waals surface area contributed by atoms with Crippen LogP contribution in [0, 0.1) is 13.8 Å². The first kappa shape index (κ1) is 16.7. The van der Waals surface area contributed by atoms with Gasteiger partial charge in [0.05, 0.1) is 4.90 Å². The minimum atomic E-state index is -3.57. The highest BCUT2D eigenvalue weighted by atomic mass is 32.2. The average Bonchev–Trinajstić information content (AvgIpc) is 3.29. The molecule has 0 bridgehead atoms. The van der Waals surface area contributed by atoms with Gasteiger partial charge >= 0.3 is 0 Å². The Morgan fingerprint density at radius 2 is 1.71 bits per heavy atom. The first-order chi connectivity index (χ1) is 11.3. The third-order valence-corrected chi connectivity index (χ3v) is 5.30. The highest BCUT2D eigenvalue weighted by molar-refractivity contribution is 7.89. The van der Waals surface area contributed by atoms with E-state index in [1.54, 1.807) is 12.1 Å². The van der Waals surface area contributed by atoms with Gasteiger partial charge in [0.1, 0.15) is 0 Å². The molecule has 1 fully saturated rings. The first-order valence-corrected chi connectivity index (χ1v) is 9.34. The number of amides is 1. The van der Waals surface area contributed by atoms with E-state index in [0.29, 0.717) is 11.3 Å². The molecule has 1 amide bonds. The second-order valence-corrected chi connectivity index (χ2v) is 7.97. The van der Waals surface area contributed by atoms with Gasteiger partial charge in [-0.3, -0.25) is 4.79 Å². The average molecular weight is 344 g/mol. The molecule has 2 N–H and O–H groups in total. The van der Waals surface area contributed by atoms with Gasteiger partial charge in [0.25, 0.3) is 5.91 Å². The van der Waals surface area contributed by atoms with Crippen LogP contribution in [0.2, 0.25) is 0 Å². The number of sulfonamides is 1. The van der Waals surface area contributed by atoms with Crippen molar-refractivity contribution in [2.45, 2.75) is 37.6 Å². The lowest BCUT2D eigenvalue weighted by Crippen LogP contribution is -2.26. The molecular weight excluding hydrogens is 324 g/mol. The van der Waals surface area contributed by atoms with Crippen LogP contribution in [0.3, 0.4) is 0 Å². The highest BCUT2D eigenvalue weighted by Gasteiger charge is 2.28. The third kappa shape index (κ3) is 4.01. The summed E-state index contributed by atoms with van der Waals surface area (Å²) in [7, 11) is -3.57. The van der Waals surface area contributed by atoms with Crippen molar-refractivity contribution in [2.24, 2.45) is 0 Å². The molecule has 0 atom stereocenters. The normalized spacial score (nSPS) is 14.4. The third-order valence-electron chi connectivity index (χ3n) is 3.79. The van der Waals surface area contributed by atoms with Crippen molar-refractivity contribution in [3.8, 4) is 0 Å². The summed E-state index contributed by atoms with van der Waals surface area (Å²) >= 11 is 0. The van der Waals surface area contributed by atoms with Gasteiger partial charge < -0.3 is 5.32 Å². The molecular formula is C18H20N2O3S. The second kappa shape index (κ2) is 6.37. The number of hydrogen-bond donors (Lipinski definition) is 2. The number of nitrogens with one attached hydrogen (secondary N) is 2. The summed E-state index contributed by atoms with van der Waals surface area (Å²) in [5.41, 5.74) is 3.11. The van der Waals surface area contributed by atoms with Crippen LogP contribution in [0.1, 0.15) is 34.3 Å². The summed E-state index contributed by atoms with van der Waals surface area (Å²) < 4.78 is 27.1. The summed E-state index contributed by atoms with van der Waals surface area (Å²) in [5, 5.41) is 2.82. The molecule has 3 rings (SSSR count). The minimum absolute atomic E-state index is 0.0303. The zero-order valence-corrected chi connectivity index (χ0v) is 14.5. The number of anilines is 1. The number of carbonyl (C=O) groups excluding carboxylic acids is 1. The molecule has 0 saturated heterocycles. The van der Waals surface area contributed by atoms with Crippen molar-refractivity contribution < 1.29 is 13.2 Å². The predicted molar refractivity (Wildman–Crippen MR) is 93.7 cm³/mol. The Balaban J connectivity index is 1.81. The Bertz CT molecular complexity index is 867. The van der Waals surface area contributed by atoms with Crippen LogP contribution in [-0.2, 0) is 10.0 Å². The summed E-state index contributed by atoms with van der Waals surface area (Å²) in [6.45, 7) is 3.92. The van der Waals surface area contributed by atoms with Gasteiger partial charge in [-0.15, -0.1) is 0 Å². The van der Waals surface area contributed by atoms with Crippen molar-refractivity contribution in [1.82, 2.24) is 4.72 Å². The van der Waals surface area contributed by atoms with E-state index in [4.69, 9.17) is 0 Å². The molecule has 24 heavy (non-hydrogen) atoms. The fraction of sp³-hybridized carbons (Fsp3) is 0.278. The van der Waals surface area contributed by atoms with Crippen LogP contribution in [0.5, 0.6) is 0 Å². The molecule has 2 aromatic rings. The van der Waals surface area contributed by atoms with Gasteiger partial charge in [0.15, 0.2) is 0 Å². The van der Waals surface area contributed by atoms with E-state index in [1.165, 1.54) is 12.1 Å². The van der Waals surface area contributed by atoms with E-state index < -0.39 is 10.0 Å². The van der Waals surface area contributed by atoms with Crippen molar-refractivity contribution in [2.75, 3.05) is 5.32 Å². The van der Waals surface area contributed by atoms with Crippen LogP contribution >= 0.6 is 0 Å². The molecule has 126 valence electrons. The first-order valence-electron chi connectivity index (χ1n) is 7.85. The van der Waals surface area contributed by atoms with E-state index in [1.807, 2.05) is 32.0 Å². The Morgan fingerprint density at radius 1 is 1.04 bits per heavy atom. The Morgan fingerprint density at radius 3 is 2.33 bits per heavy atom. The molecule has 0 aliphatic heterocycles. The maximum Gasteiger partial charge on any atom is 0.255 e. The molecule has 0 heterocycles. The lowest BCUT2D eigenvalue weighted by molar-refractivity contribution is 0.102. The number of hydrogen-bond acceptors (Lipinski definition) is 3. The standard InChI is InChI=1S/C18H20N2O3S/c1-12-8-13(2)10-16(9-12)19-18(21)14-4-3-5-17(11-14)24(22,23)20-15-6-7-15/h3-5,8-11,15,20H,6-7H2,1-2H3,(H,19,21). The number of rotatable bonds is 5. The van der Waals surface area contributed by atoms with Crippen LogP contribution in [0.15, 0.2) is 47.4 Å². The zero-order valence-electron chi connectivity index (χ0n) is 13.7. The zero-order chi connectivity index (χ0) is 17.3. The predicted octanol–water partition coefficient (Wildman–Crippen LogP) is 3.00. The lowest BCUT2D eigenvalue weighted by Gasteiger charge is -2.09. The fourth-order valence-corrected chi connectivity index (χ4v) is 3.89. The molecule has 5 nitrogen and oxygen atoms in total. The van der Waals surface area contributed by atoms with E-state index in [0.717, 1.165) is 24.0 Å². The van der Waals surface area contributed by atoms with E-state index in [-0.39, 0.29) is 16.8 Å². The molecule has 0 radical (unpaired) electrons. The molecule has 6 heteroatoms. The number of carbonyl (C=O) groups is 1. The fourth-order valence-electron chi connectivity index (χ4n) is 2.54. The monoisotopic (exact) mass is 344 g/mol. The van der Waals surface area contributed by atoms with Crippen LogP contribution < -0.4 is 10.0 Å². The van der Waals surface area contributed by atoms with Gasteiger partial charge in [-0.25, -0.2) is 13.1 Å². The van der Waals surface area contributed by atoms with E-state index in [2.05, 4.69) is 10.0 Å². The molecule has 0 spiro atoms. The molecule has 1 aliphatic rings. The van der Waals surface area contributed by atoms with Crippen molar-refractivity contribution in [3.05, 3.63) is 59.2 Å². The number of aryl methyl sites for hydroxylation is 2. The summed E-state index contributed by atoms with van der Waals surface area (Å²) in [6, 6.07) is 11.9. The van der Waals surface area contributed by atoms with Gasteiger partial charge in [-0.2, -0.15) is 0 Å². The van der Waals surface area contributed by atoms with Crippen molar-refractivity contribution in [1.29, 1.82) is 0 Å². The maximum absolute atomic E-state index is 12.4. The summed E-state index contributed by atoms with van der Waals surface area (Å²) in [5.74, 6) is -0.330. The highest BCUT2D eigenvalue weighted by Crippen LogP contribution is 2.23. The Labute approximate surface area is 142 Å². The number of benzene rings is 2. The van der Waals surface area contributed by atoms with Gasteiger partial charge in [-0.1, -0.05) is 12.1 Å². The second-order valence-electron chi connectivity index (χ2n) is 6.25. The molecule has 1 saturated carbocycles. The lowest BCUT2D eigenvalue weighted by atomic mass is 10.1. The summed E-state index contributed by atoms with van der Waals surface area (Å²) in [6.07, 6.45) is 1.73. The minimum Gasteiger partial charge on any atom is -0.322 e. The SMILES string of the molecule is Cc1cc(C)cc(NC(=O)c2cccc(S(=O)(=O)NC3CC3)c2)c1. The van der Waals surface area contributed by atoms with E-state index >= 15 is 0 Å². The smallest absolute Gasteiger partial charge is 0.255 e. The van der Waals surface area contributed by atoms with Gasteiger partial charge in [0, 0.05) is 17.3 Å². The van der Waals surface area contributed by atoms with Gasteiger partial charge in [-0.05, 0) is 68.1 Å². The van der Waals surface area contributed by atoms with Gasteiger partial charge in [0.2, 0.25) is 10.0 Å². The quantitative estimate of drug-likeness (QED) is 0.875. The Hall–Kier alpha value is -2.18. The molecule has 1 aliphatic carbocycles. The molecule has 0 unspecified atom stereocenters. The van der Waals surface area contributed by atoms with Crippen LogP contribution in [0.25, 0.3) is 0 Å². The van der Waals surface area contributed by atoms with Crippen LogP contribution in [-0.4, -0.2) is 20.4 Å².